The molecule has 2 atom stereocenters. The van der Waals surface area contributed by atoms with E-state index >= 15 is 0 Å². The summed E-state index contributed by atoms with van der Waals surface area (Å²) in [4.78, 5) is 16.7. The molecule has 0 aliphatic carbocycles. The summed E-state index contributed by atoms with van der Waals surface area (Å²) in [6.45, 7) is 2.35. The van der Waals surface area contributed by atoms with E-state index < -0.39 is 11.8 Å². The number of carbonyl (C=O) groups is 1. The van der Waals surface area contributed by atoms with Crippen LogP contribution in [0.25, 0.3) is 0 Å². The van der Waals surface area contributed by atoms with E-state index in [2.05, 4.69) is 32.3 Å². The number of benzene rings is 1. The molecule has 0 spiro atoms. The van der Waals surface area contributed by atoms with Crippen LogP contribution in [-0.4, -0.2) is 18.2 Å². The molecule has 0 fully saturated rings. The highest BCUT2D eigenvalue weighted by molar-refractivity contribution is 9.10. The number of carbonyl (C=O) groups excluding carboxylic acids is 1. The number of nitrogens with zero attached hydrogens (tertiary/aromatic N) is 2. The van der Waals surface area contributed by atoms with Gasteiger partial charge in [0.1, 0.15) is 5.82 Å². The first kappa shape index (κ1) is 14.9. The standard InChI is InChI=1S/C16H13BrFN3O/c1-8-10(7-19)14(9-2-3-12(18)11(17)6-9)15-13(21-8)4-5-20-16(15)22/h2-3,6,10,14H,4-5H2,1H3,(H,20,22). The van der Waals surface area contributed by atoms with E-state index in [1.165, 1.54) is 6.07 Å². The van der Waals surface area contributed by atoms with Gasteiger partial charge >= 0.3 is 0 Å². The van der Waals surface area contributed by atoms with Crippen molar-refractivity contribution >= 4 is 27.5 Å². The minimum Gasteiger partial charge on any atom is -0.352 e. The number of aliphatic imine (C=N–C) groups is 1. The van der Waals surface area contributed by atoms with Crippen LogP contribution in [0, 0.1) is 23.1 Å². The molecule has 112 valence electrons. The smallest absolute Gasteiger partial charge is 0.249 e. The van der Waals surface area contributed by atoms with Gasteiger partial charge < -0.3 is 5.32 Å². The Morgan fingerprint density at radius 1 is 1.50 bits per heavy atom. The van der Waals surface area contributed by atoms with Crippen molar-refractivity contribution < 1.29 is 9.18 Å². The molecule has 6 heteroatoms. The molecule has 3 rings (SSSR count). The van der Waals surface area contributed by atoms with Crippen LogP contribution >= 0.6 is 15.9 Å². The number of rotatable bonds is 1. The highest BCUT2D eigenvalue weighted by Gasteiger charge is 2.39. The van der Waals surface area contributed by atoms with Crippen LogP contribution in [0.15, 0.2) is 38.9 Å². The second kappa shape index (κ2) is 5.65. The Morgan fingerprint density at radius 2 is 2.27 bits per heavy atom. The quantitative estimate of drug-likeness (QED) is 0.835. The van der Waals surface area contributed by atoms with Crippen LogP contribution in [0.5, 0.6) is 0 Å². The van der Waals surface area contributed by atoms with Crippen molar-refractivity contribution in [3.8, 4) is 6.07 Å². The van der Waals surface area contributed by atoms with E-state index in [9.17, 15) is 14.4 Å². The number of amides is 1. The van der Waals surface area contributed by atoms with Gasteiger partial charge in [-0.25, -0.2) is 4.39 Å². The molecule has 22 heavy (non-hydrogen) atoms. The Bertz CT molecular complexity index is 763. The maximum atomic E-state index is 13.5. The summed E-state index contributed by atoms with van der Waals surface area (Å²) in [5.74, 6) is -1.52. The molecule has 1 N–H and O–H groups in total. The van der Waals surface area contributed by atoms with Gasteiger partial charge in [0.15, 0.2) is 0 Å². The number of hydrogen-bond acceptors (Lipinski definition) is 3. The van der Waals surface area contributed by atoms with Crippen LogP contribution in [0.2, 0.25) is 0 Å². The molecule has 0 bridgehead atoms. The monoisotopic (exact) mass is 361 g/mol. The van der Waals surface area contributed by atoms with E-state index in [0.29, 0.717) is 28.7 Å². The van der Waals surface area contributed by atoms with Crippen molar-refractivity contribution in [3.05, 3.63) is 45.3 Å². The molecule has 1 amide bonds. The van der Waals surface area contributed by atoms with E-state index in [-0.39, 0.29) is 11.7 Å². The zero-order valence-corrected chi connectivity index (χ0v) is 13.4. The Labute approximate surface area is 135 Å². The van der Waals surface area contributed by atoms with E-state index in [1.807, 2.05) is 0 Å². The SMILES string of the molecule is CC1=NC2=C(C(=O)NCC2)C(c2ccc(F)c(Br)c2)C1C#N. The Hall–Kier alpha value is -2.00. The number of nitrogens with one attached hydrogen (secondary N) is 1. The van der Waals surface area contributed by atoms with Crippen LogP contribution < -0.4 is 5.32 Å². The minimum absolute atomic E-state index is 0.191. The highest BCUT2D eigenvalue weighted by Crippen LogP contribution is 2.41. The lowest BCUT2D eigenvalue weighted by molar-refractivity contribution is -0.118. The summed E-state index contributed by atoms with van der Waals surface area (Å²) in [5, 5.41) is 12.3. The summed E-state index contributed by atoms with van der Waals surface area (Å²) < 4.78 is 13.8. The first-order valence-corrected chi connectivity index (χ1v) is 7.73. The fraction of sp³-hybridized carbons (Fsp3) is 0.312. The Morgan fingerprint density at radius 3 is 2.95 bits per heavy atom. The lowest BCUT2D eigenvalue weighted by atomic mass is 9.75. The van der Waals surface area contributed by atoms with Crippen LogP contribution in [0.4, 0.5) is 4.39 Å². The fourth-order valence-electron chi connectivity index (χ4n) is 3.02. The van der Waals surface area contributed by atoms with Gasteiger partial charge in [-0.15, -0.1) is 0 Å². The second-order valence-electron chi connectivity index (χ2n) is 5.38. The summed E-state index contributed by atoms with van der Waals surface area (Å²) in [6.07, 6.45) is 0.648. The number of halogens is 2. The molecular weight excluding hydrogens is 349 g/mol. The molecule has 0 saturated heterocycles. The summed E-state index contributed by atoms with van der Waals surface area (Å²) in [7, 11) is 0. The van der Waals surface area contributed by atoms with E-state index in [4.69, 9.17) is 0 Å². The average molecular weight is 362 g/mol. The molecule has 1 aromatic carbocycles. The van der Waals surface area contributed by atoms with Gasteiger partial charge in [-0.1, -0.05) is 6.07 Å². The van der Waals surface area contributed by atoms with Crippen molar-refractivity contribution in [1.29, 1.82) is 5.26 Å². The molecule has 0 saturated carbocycles. The first-order chi connectivity index (χ1) is 10.5. The van der Waals surface area contributed by atoms with Crippen molar-refractivity contribution in [1.82, 2.24) is 5.32 Å². The fourth-order valence-corrected chi connectivity index (χ4v) is 3.41. The average Bonchev–Trinajstić information content (AvgIpc) is 2.49. The van der Waals surface area contributed by atoms with Gasteiger partial charge in [0.2, 0.25) is 5.91 Å². The Balaban J connectivity index is 2.19. The third-order valence-corrected chi connectivity index (χ3v) is 4.66. The van der Waals surface area contributed by atoms with Gasteiger partial charge in [-0.05, 0) is 40.5 Å². The molecule has 2 heterocycles. The zero-order valence-electron chi connectivity index (χ0n) is 11.9. The normalized spacial score (nSPS) is 24.3. The van der Waals surface area contributed by atoms with Gasteiger partial charge in [0, 0.05) is 30.2 Å². The highest BCUT2D eigenvalue weighted by atomic mass is 79.9. The molecule has 2 aliphatic heterocycles. The maximum absolute atomic E-state index is 13.5. The lowest BCUT2D eigenvalue weighted by Crippen LogP contribution is -2.39. The third-order valence-electron chi connectivity index (χ3n) is 4.05. The minimum atomic E-state index is -0.528. The molecule has 2 unspecified atom stereocenters. The molecule has 2 aliphatic rings. The largest absolute Gasteiger partial charge is 0.352 e. The van der Waals surface area contributed by atoms with Gasteiger partial charge in [-0.2, -0.15) is 5.26 Å². The summed E-state index contributed by atoms with van der Waals surface area (Å²) >= 11 is 3.17. The van der Waals surface area contributed by atoms with Gasteiger partial charge in [0.05, 0.1) is 22.2 Å². The molecule has 4 nitrogen and oxygen atoms in total. The molecule has 0 radical (unpaired) electrons. The number of nitriles is 1. The second-order valence-corrected chi connectivity index (χ2v) is 6.23. The van der Waals surface area contributed by atoms with Crippen molar-refractivity contribution in [2.75, 3.05) is 6.54 Å². The number of hydrogen-bond donors (Lipinski definition) is 1. The van der Waals surface area contributed by atoms with E-state index in [0.717, 1.165) is 11.3 Å². The first-order valence-electron chi connectivity index (χ1n) is 6.94. The van der Waals surface area contributed by atoms with Crippen molar-refractivity contribution in [2.45, 2.75) is 19.3 Å². The molecule has 0 aromatic heterocycles. The van der Waals surface area contributed by atoms with E-state index in [1.54, 1.807) is 19.1 Å². The lowest BCUT2D eigenvalue weighted by Gasteiger charge is -2.32. The van der Waals surface area contributed by atoms with Crippen LogP contribution in [0.1, 0.15) is 24.8 Å². The topological polar surface area (TPSA) is 65.2 Å². The molecular formula is C16H13BrFN3O. The summed E-state index contributed by atoms with van der Waals surface area (Å²) in [5.41, 5.74) is 2.69. The van der Waals surface area contributed by atoms with Crippen molar-refractivity contribution in [3.63, 3.8) is 0 Å². The zero-order chi connectivity index (χ0) is 15.9. The van der Waals surface area contributed by atoms with Crippen LogP contribution in [0.3, 0.4) is 0 Å². The third kappa shape index (κ3) is 2.35. The summed E-state index contributed by atoms with van der Waals surface area (Å²) in [6, 6.07) is 6.84. The van der Waals surface area contributed by atoms with Gasteiger partial charge in [0.25, 0.3) is 0 Å². The van der Waals surface area contributed by atoms with Crippen molar-refractivity contribution in [2.24, 2.45) is 10.9 Å². The van der Waals surface area contributed by atoms with Crippen LogP contribution in [-0.2, 0) is 4.79 Å². The predicted octanol–water partition coefficient (Wildman–Crippen LogP) is 3.06. The maximum Gasteiger partial charge on any atom is 0.249 e. The molecule has 1 aromatic rings. The van der Waals surface area contributed by atoms with Gasteiger partial charge in [-0.3, -0.25) is 9.79 Å². The Kier molecular flexibility index (Phi) is 3.83. The predicted molar refractivity (Wildman–Crippen MR) is 83.7 cm³/mol.